The van der Waals surface area contributed by atoms with Crippen molar-refractivity contribution in [1.29, 1.82) is 0 Å². The third kappa shape index (κ3) is 6.32. The minimum Gasteiger partial charge on any atom is -0.386 e. The first-order chi connectivity index (χ1) is 15.1. The van der Waals surface area contributed by atoms with Crippen molar-refractivity contribution in [1.82, 2.24) is 5.01 Å². The Kier molecular flexibility index (Phi) is 8.05. The van der Waals surface area contributed by atoms with Gasteiger partial charge in [0.25, 0.3) is 0 Å². The normalized spacial score (nSPS) is 17.1. The Morgan fingerprint density at radius 3 is 2.29 bits per heavy atom. The number of nitrogens with zero attached hydrogens (tertiary/aromatic N) is 3. The molecule has 0 fully saturated rings. The molecule has 0 spiro atoms. The number of rotatable bonds is 10. The van der Waals surface area contributed by atoms with E-state index in [9.17, 15) is 9.50 Å². The summed E-state index contributed by atoms with van der Waals surface area (Å²) >= 11 is 0. The van der Waals surface area contributed by atoms with Gasteiger partial charge in [0.15, 0.2) is 12.1 Å². The van der Waals surface area contributed by atoms with E-state index in [-0.39, 0.29) is 24.7 Å². The number of aliphatic imine (C=N–C) groups is 1. The molecule has 3 N–H and O–H groups in total. The average Bonchev–Trinajstić information content (AvgIpc) is 2.77. The number of halogens is 1. The molecule has 0 amide bonds. The van der Waals surface area contributed by atoms with Gasteiger partial charge in [0, 0.05) is 0 Å². The van der Waals surface area contributed by atoms with Crippen LogP contribution in [0.2, 0.25) is 0 Å². The highest BCUT2D eigenvalue weighted by molar-refractivity contribution is 6.04. The average molecular weight is 424 g/mol. The van der Waals surface area contributed by atoms with Gasteiger partial charge >= 0.3 is 6.09 Å². The first kappa shape index (κ1) is 22.4. The molecule has 0 bridgehead atoms. The molecule has 0 saturated heterocycles. The van der Waals surface area contributed by atoms with Crippen molar-refractivity contribution in [2.45, 2.75) is 25.5 Å². The molecule has 0 aliphatic carbocycles. The topological polar surface area (TPSA) is 92.7 Å². The molecule has 1 aliphatic heterocycles. The van der Waals surface area contributed by atoms with Crippen LogP contribution in [0.5, 0.6) is 0 Å². The maximum atomic E-state index is 14.0. The lowest BCUT2D eigenvalue weighted by atomic mass is 10.2. The van der Waals surface area contributed by atoms with E-state index in [2.05, 4.69) is 16.7 Å². The molecule has 1 heterocycles. The number of aliphatic hydroxyl groups excluding tert-OH is 1. The van der Waals surface area contributed by atoms with Crippen LogP contribution in [0.4, 0.5) is 4.39 Å². The highest BCUT2D eigenvalue weighted by atomic mass is 19.1. The standard InChI is InChI=1S/C23H25FN4O3/c1-2-9-19-21(25)26-23(24)27-28(19)22(31-15-18-12-7-4-8-13-18)20(29)16-30-14-17-10-5-3-6-11-17/h2-13,20,22,29H,1,14-16H2,(H2,25,26,27)/b19-9-/t20-,22+/m0/s1. The maximum absolute atomic E-state index is 14.0. The van der Waals surface area contributed by atoms with Crippen molar-refractivity contribution in [3.63, 3.8) is 0 Å². The molecule has 0 saturated carbocycles. The molecule has 8 heteroatoms. The summed E-state index contributed by atoms with van der Waals surface area (Å²) in [4.78, 5) is 3.55. The Morgan fingerprint density at radius 2 is 1.68 bits per heavy atom. The van der Waals surface area contributed by atoms with E-state index in [4.69, 9.17) is 15.2 Å². The number of hydrogen-bond donors (Lipinski definition) is 2. The van der Waals surface area contributed by atoms with Crippen LogP contribution in [-0.4, -0.2) is 41.0 Å². The number of hydrogen-bond acceptors (Lipinski definition) is 7. The van der Waals surface area contributed by atoms with Crippen LogP contribution >= 0.6 is 0 Å². The van der Waals surface area contributed by atoms with Crippen molar-refractivity contribution in [2.75, 3.05) is 6.61 Å². The van der Waals surface area contributed by atoms with Gasteiger partial charge in [-0.2, -0.15) is 9.38 Å². The first-order valence-electron chi connectivity index (χ1n) is 9.74. The molecule has 2 aromatic carbocycles. The zero-order valence-electron chi connectivity index (χ0n) is 17.0. The Labute approximate surface area is 180 Å². The van der Waals surface area contributed by atoms with Crippen LogP contribution in [0.3, 0.4) is 0 Å². The van der Waals surface area contributed by atoms with E-state index >= 15 is 0 Å². The molecule has 2 aromatic rings. The lowest BCUT2D eigenvalue weighted by Crippen LogP contribution is -2.48. The van der Waals surface area contributed by atoms with Gasteiger partial charge in [-0.1, -0.05) is 73.3 Å². The Bertz CT molecular complexity index is 948. The summed E-state index contributed by atoms with van der Waals surface area (Å²) in [6.45, 7) is 4.04. The highest BCUT2D eigenvalue weighted by Gasteiger charge is 2.33. The van der Waals surface area contributed by atoms with Gasteiger partial charge in [-0.05, 0) is 17.2 Å². The van der Waals surface area contributed by atoms with E-state index in [0.717, 1.165) is 11.1 Å². The zero-order chi connectivity index (χ0) is 22.1. The molecular formula is C23H25FN4O3. The van der Waals surface area contributed by atoms with Crippen LogP contribution in [0.25, 0.3) is 0 Å². The third-order valence-corrected chi connectivity index (χ3v) is 4.42. The summed E-state index contributed by atoms with van der Waals surface area (Å²) in [5.41, 5.74) is 7.97. The third-order valence-electron chi connectivity index (χ3n) is 4.42. The zero-order valence-corrected chi connectivity index (χ0v) is 17.0. The summed E-state index contributed by atoms with van der Waals surface area (Å²) in [6.07, 6.45) is -0.296. The summed E-state index contributed by atoms with van der Waals surface area (Å²) in [5.74, 6) is -0.0990. The van der Waals surface area contributed by atoms with Crippen molar-refractivity contribution in [3.8, 4) is 0 Å². The summed E-state index contributed by atoms with van der Waals surface area (Å²) in [6, 6.07) is 19.0. The van der Waals surface area contributed by atoms with Gasteiger partial charge in [0.05, 0.1) is 19.8 Å². The Hall–Kier alpha value is -3.33. The van der Waals surface area contributed by atoms with E-state index in [1.807, 2.05) is 60.7 Å². The minimum absolute atomic E-state index is 0.0690. The molecule has 2 atom stereocenters. The largest absolute Gasteiger partial charge is 0.386 e. The molecule has 0 unspecified atom stereocenters. The van der Waals surface area contributed by atoms with Crippen LogP contribution in [0, 0.1) is 0 Å². The van der Waals surface area contributed by atoms with Crippen LogP contribution in [0.15, 0.2) is 95.2 Å². The van der Waals surface area contributed by atoms with Crippen LogP contribution in [-0.2, 0) is 22.7 Å². The molecule has 3 rings (SSSR count). The van der Waals surface area contributed by atoms with Gasteiger partial charge in [-0.15, -0.1) is 5.10 Å². The van der Waals surface area contributed by atoms with Crippen LogP contribution < -0.4 is 5.73 Å². The lowest BCUT2D eigenvalue weighted by molar-refractivity contribution is -0.139. The van der Waals surface area contributed by atoms with Crippen molar-refractivity contribution in [2.24, 2.45) is 15.8 Å². The number of benzene rings is 2. The highest BCUT2D eigenvalue weighted by Crippen LogP contribution is 2.21. The molecule has 31 heavy (non-hydrogen) atoms. The fraction of sp³-hybridized carbons (Fsp3) is 0.217. The van der Waals surface area contributed by atoms with Gasteiger partial charge in [0.1, 0.15) is 11.8 Å². The molecule has 162 valence electrons. The predicted molar refractivity (Wildman–Crippen MR) is 117 cm³/mol. The van der Waals surface area contributed by atoms with E-state index in [0.29, 0.717) is 6.61 Å². The van der Waals surface area contributed by atoms with Gasteiger partial charge in [-0.25, -0.2) is 5.01 Å². The van der Waals surface area contributed by atoms with E-state index in [1.54, 1.807) is 0 Å². The summed E-state index contributed by atoms with van der Waals surface area (Å²) in [5, 5.41) is 15.8. The Balaban J connectivity index is 1.77. The van der Waals surface area contributed by atoms with Crippen molar-refractivity contribution >= 4 is 11.9 Å². The lowest BCUT2D eigenvalue weighted by Gasteiger charge is -2.34. The SMILES string of the molecule is C=C/C=C1/C(N)=NC(F)=NN1[C@H](OCc1ccccc1)[C@@H](O)COCc1ccccc1. The number of nitrogens with two attached hydrogens (primary N) is 1. The maximum Gasteiger partial charge on any atom is 0.327 e. The number of allylic oxidation sites excluding steroid dienone is 2. The van der Waals surface area contributed by atoms with Gasteiger partial charge in [0.2, 0.25) is 0 Å². The predicted octanol–water partition coefficient (Wildman–Crippen LogP) is 3.09. The second-order valence-corrected chi connectivity index (χ2v) is 6.75. The fourth-order valence-electron chi connectivity index (χ4n) is 2.96. The fourth-order valence-corrected chi connectivity index (χ4v) is 2.96. The van der Waals surface area contributed by atoms with Crippen LogP contribution in [0.1, 0.15) is 11.1 Å². The van der Waals surface area contributed by atoms with E-state index < -0.39 is 18.4 Å². The number of amidine groups is 2. The second-order valence-electron chi connectivity index (χ2n) is 6.75. The summed E-state index contributed by atoms with van der Waals surface area (Å²) in [7, 11) is 0. The van der Waals surface area contributed by atoms with Gasteiger partial charge < -0.3 is 20.3 Å². The monoisotopic (exact) mass is 424 g/mol. The molecule has 0 radical (unpaired) electrons. The quantitative estimate of drug-likeness (QED) is 0.572. The summed E-state index contributed by atoms with van der Waals surface area (Å²) < 4.78 is 25.6. The molecule has 0 aromatic heterocycles. The smallest absolute Gasteiger partial charge is 0.327 e. The van der Waals surface area contributed by atoms with E-state index in [1.165, 1.54) is 17.2 Å². The minimum atomic E-state index is -1.16. The van der Waals surface area contributed by atoms with Crippen molar-refractivity contribution in [3.05, 3.63) is 96.2 Å². The molecular weight excluding hydrogens is 399 g/mol. The molecule has 1 aliphatic rings. The number of hydrazone groups is 1. The first-order valence-corrected chi connectivity index (χ1v) is 9.74. The number of aliphatic hydroxyl groups is 1. The van der Waals surface area contributed by atoms with Gasteiger partial charge in [-0.3, -0.25) is 0 Å². The van der Waals surface area contributed by atoms with Crippen molar-refractivity contribution < 1.29 is 19.0 Å². The Morgan fingerprint density at radius 1 is 1.06 bits per heavy atom. The second kappa shape index (κ2) is 11.2. The molecule has 7 nitrogen and oxygen atoms in total. The number of ether oxygens (including phenoxy) is 2.